The van der Waals surface area contributed by atoms with Crippen molar-refractivity contribution < 1.29 is 4.39 Å². The minimum Gasteiger partial charge on any atom is -0.314 e. The van der Waals surface area contributed by atoms with E-state index in [9.17, 15) is 4.39 Å². The molecule has 1 aliphatic heterocycles. The summed E-state index contributed by atoms with van der Waals surface area (Å²) in [6, 6.07) is 0.329. The molecule has 0 amide bonds. The minimum atomic E-state index is -1.12. The molecule has 1 heterocycles. The van der Waals surface area contributed by atoms with Crippen LogP contribution in [0.2, 0.25) is 0 Å². The van der Waals surface area contributed by atoms with Gasteiger partial charge in [0.15, 0.2) is 0 Å². The van der Waals surface area contributed by atoms with Gasteiger partial charge in [0.2, 0.25) is 0 Å². The van der Waals surface area contributed by atoms with E-state index in [1.807, 2.05) is 0 Å². The smallest absolute Gasteiger partial charge is 0.121 e. The highest BCUT2D eigenvalue weighted by Gasteiger charge is 2.31. The van der Waals surface area contributed by atoms with Gasteiger partial charge in [-0.05, 0) is 20.8 Å². The van der Waals surface area contributed by atoms with Crippen molar-refractivity contribution in [3.63, 3.8) is 0 Å². The Morgan fingerprint density at radius 1 is 1.36 bits per heavy atom. The number of rotatable bonds is 1. The van der Waals surface area contributed by atoms with E-state index in [0.29, 0.717) is 6.04 Å². The third-order valence-electron chi connectivity index (χ3n) is 2.11. The lowest BCUT2D eigenvalue weighted by Gasteiger charge is -2.35. The summed E-state index contributed by atoms with van der Waals surface area (Å²) in [4.78, 5) is 0. The second kappa shape index (κ2) is 3.07. The van der Waals surface area contributed by atoms with Crippen molar-refractivity contribution in [2.45, 2.75) is 38.5 Å². The van der Waals surface area contributed by atoms with Crippen LogP contribution in [0.4, 0.5) is 4.39 Å². The average molecular weight is 160 g/mol. The molecule has 0 saturated carbocycles. The first-order valence-corrected chi connectivity index (χ1v) is 4.16. The number of halogens is 1. The summed E-state index contributed by atoms with van der Waals surface area (Å²) < 4.78 is 13.3. The minimum absolute atomic E-state index is 0.0498. The van der Waals surface area contributed by atoms with E-state index < -0.39 is 5.67 Å². The third kappa shape index (κ3) is 2.42. The Morgan fingerprint density at radius 2 is 2.00 bits per heavy atom. The maximum Gasteiger partial charge on any atom is 0.121 e. The van der Waals surface area contributed by atoms with Gasteiger partial charge in [0.1, 0.15) is 5.67 Å². The monoisotopic (exact) mass is 160 g/mol. The Morgan fingerprint density at radius 3 is 2.36 bits per heavy atom. The maximum atomic E-state index is 13.3. The van der Waals surface area contributed by atoms with Gasteiger partial charge in [-0.1, -0.05) is 0 Å². The summed E-state index contributed by atoms with van der Waals surface area (Å²) in [7, 11) is 0. The van der Waals surface area contributed by atoms with Gasteiger partial charge in [-0.25, -0.2) is 4.39 Å². The fourth-order valence-electron chi connectivity index (χ4n) is 1.35. The molecule has 0 aromatic rings. The SMILES string of the molecule is C[C@H]1CNC[C@H](C(C)(C)F)N1. The zero-order valence-electron chi connectivity index (χ0n) is 7.45. The lowest BCUT2D eigenvalue weighted by molar-refractivity contribution is 0.124. The molecule has 3 heteroatoms. The number of hydrogen-bond acceptors (Lipinski definition) is 2. The Balaban J connectivity index is 2.46. The summed E-state index contributed by atoms with van der Waals surface area (Å²) >= 11 is 0. The van der Waals surface area contributed by atoms with Crippen molar-refractivity contribution in [1.29, 1.82) is 0 Å². The number of alkyl halides is 1. The summed E-state index contributed by atoms with van der Waals surface area (Å²) in [5.41, 5.74) is -1.12. The third-order valence-corrected chi connectivity index (χ3v) is 2.11. The second-order valence-corrected chi connectivity index (χ2v) is 3.84. The predicted molar refractivity (Wildman–Crippen MR) is 44.4 cm³/mol. The van der Waals surface area contributed by atoms with Crippen LogP contribution in [0.3, 0.4) is 0 Å². The summed E-state index contributed by atoms with van der Waals surface area (Å²) in [6.45, 7) is 6.96. The number of nitrogens with one attached hydrogen (secondary N) is 2. The van der Waals surface area contributed by atoms with Crippen LogP contribution in [0, 0.1) is 0 Å². The molecule has 0 spiro atoms. The van der Waals surface area contributed by atoms with Gasteiger partial charge in [0, 0.05) is 19.1 Å². The standard InChI is InChI=1S/C8H17FN2/c1-6-4-10-5-7(11-6)8(2,3)9/h6-7,10-11H,4-5H2,1-3H3/t6-,7+/m0/s1. The Labute approximate surface area is 67.6 Å². The van der Waals surface area contributed by atoms with Gasteiger partial charge in [-0.2, -0.15) is 0 Å². The summed E-state index contributed by atoms with van der Waals surface area (Å²) in [5, 5.41) is 6.41. The van der Waals surface area contributed by atoms with Gasteiger partial charge >= 0.3 is 0 Å². The van der Waals surface area contributed by atoms with Crippen molar-refractivity contribution in [2.75, 3.05) is 13.1 Å². The molecule has 1 fully saturated rings. The molecule has 66 valence electrons. The van der Waals surface area contributed by atoms with Crippen LogP contribution < -0.4 is 10.6 Å². The Bertz CT molecular complexity index is 131. The molecule has 0 radical (unpaired) electrons. The van der Waals surface area contributed by atoms with Crippen LogP contribution >= 0.6 is 0 Å². The highest BCUT2D eigenvalue weighted by Crippen LogP contribution is 2.15. The fraction of sp³-hybridized carbons (Fsp3) is 1.00. The fourth-order valence-corrected chi connectivity index (χ4v) is 1.35. The van der Waals surface area contributed by atoms with Crippen molar-refractivity contribution in [3.05, 3.63) is 0 Å². The van der Waals surface area contributed by atoms with E-state index in [-0.39, 0.29) is 6.04 Å². The molecule has 1 rings (SSSR count). The molecule has 2 nitrogen and oxygen atoms in total. The van der Waals surface area contributed by atoms with Crippen LogP contribution in [-0.4, -0.2) is 30.8 Å². The molecule has 0 aromatic heterocycles. The molecule has 1 saturated heterocycles. The predicted octanol–water partition coefficient (Wildman–Crippen LogP) is 0.684. The second-order valence-electron chi connectivity index (χ2n) is 3.84. The van der Waals surface area contributed by atoms with Gasteiger partial charge in [0.05, 0.1) is 6.04 Å². The molecule has 2 atom stereocenters. The van der Waals surface area contributed by atoms with Gasteiger partial charge in [0.25, 0.3) is 0 Å². The summed E-state index contributed by atoms with van der Waals surface area (Å²) in [5.74, 6) is 0. The Hall–Kier alpha value is -0.150. The van der Waals surface area contributed by atoms with E-state index in [0.717, 1.165) is 13.1 Å². The van der Waals surface area contributed by atoms with E-state index >= 15 is 0 Å². The molecule has 0 unspecified atom stereocenters. The van der Waals surface area contributed by atoms with E-state index in [1.54, 1.807) is 13.8 Å². The van der Waals surface area contributed by atoms with Crippen LogP contribution in [0.15, 0.2) is 0 Å². The van der Waals surface area contributed by atoms with Crippen LogP contribution in [0.1, 0.15) is 20.8 Å². The van der Waals surface area contributed by atoms with Gasteiger partial charge in [-0.15, -0.1) is 0 Å². The summed E-state index contributed by atoms with van der Waals surface area (Å²) in [6.07, 6.45) is 0. The molecular formula is C8H17FN2. The molecule has 0 aromatic carbocycles. The van der Waals surface area contributed by atoms with Crippen LogP contribution in [-0.2, 0) is 0 Å². The molecule has 11 heavy (non-hydrogen) atoms. The lowest BCUT2D eigenvalue weighted by Crippen LogP contribution is -2.60. The zero-order chi connectivity index (χ0) is 8.48. The van der Waals surface area contributed by atoms with Crippen molar-refractivity contribution in [2.24, 2.45) is 0 Å². The first-order chi connectivity index (χ1) is 5.00. The highest BCUT2D eigenvalue weighted by atomic mass is 19.1. The normalized spacial score (nSPS) is 33.8. The molecule has 2 N–H and O–H groups in total. The number of hydrogen-bond donors (Lipinski definition) is 2. The van der Waals surface area contributed by atoms with Crippen molar-refractivity contribution in [1.82, 2.24) is 10.6 Å². The first kappa shape index (κ1) is 8.94. The van der Waals surface area contributed by atoms with E-state index in [4.69, 9.17) is 0 Å². The van der Waals surface area contributed by atoms with E-state index in [2.05, 4.69) is 17.6 Å². The largest absolute Gasteiger partial charge is 0.314 e. The van der Waals surface area contributed by atoms with Crippen molar-refractivity contribution in [3.8, 4) is 0 Å². The maximum absolute atomic E-state index is 13.3. The van der Waals surface area contributed by atoms with Crippen LogP contribution in [0.25, 0.3) is 0 Å². The molecular weight excluding hydrogens is 143 g/mol. The Kier molecular flexibility index (Phi) is 2.50. The van der Waals surface area contributed by atoms with Crippen LogP contribution in [0.5, 0.6) is 0 Å². The zero-order valence-corrected chi connectivity index (χ0v) is 7.45. The average Bonchev–Trinajstić information content (AvgIpc) is 1.86. The van der Waals surface area contributed by atoms with Gasteiger partial charge in [-0.3, -0.25) is 0 Å². The van der Waals surface area contributed by atoms with E-state index in [1.165, 1.54) is 0 Å². The topological polar surface area (TPSA) is 24.1 Å². The van der Waals surface area contributed by atoms with Crippen molar-refractivity contribution >= 4 is 0 Å². The first-order valence-electron chi connectivity index (χ1n) is 4.16. The van der Waals surface area contributed by atoms with Gasteiger partial charge < -0.3 is 10.6 Å². The molecule has 1 aliphatic rings. The molecule has 0 bridgehead atoms. The highest BCUT2D eigenvalue weighted by molar-refractivity contribution is 4.91. The number of piperazine rings is 1. The quantitative estimate of drug-likeness (QED) is 0.589. The molecule has 0 aliphatic carbocycles. The lowest BCUT2D eigenvalue weighted by atomic mass is 9.98.